The Bertz CT molecular complexity index is 884. The Kier molecular flexibility index (Phi) is 4.97. The quantitative estimate of drug-likeness (QED) is 0.668. The van der Waals surface area contributed by atoms with Gasteiger partial charge in [-0.15, -0.1) is 0 Å². The molecule has 0 fully saturated rings. The summed E-state index contributed by atoms with van der Waals surface area (Å²) in [5.74, 6) is -0.730. The minimum Gasteiger partial charge on any atom is -0.481 e. The maximum Gasteiger partial charge on any atom is 0.266 e. The second-order valence-electron chi connectivity index (χ2n) is 4.97. The first kappa shape index (κ1) is 16.7. The smallest absolute Gasteiger partial charge is 0.266 e. The fourth-order valence-electron chi connectivity index (χ4n) is 2.20. The standard InChI is InChI=1S/C17H14ClFN2O2S/c1-2-21(16(22)10-23-14-6-4-3-5-12(14)19)17-20-13-9-11(18)7-8-15(13)24-17/h3-9H,2,10H2,1H3. The van der Waals surface area contributed by atoms with Crippen molar-refractivity contribution < 1.29 is 13.9 Å². The van der Waals surface area contributed by atoms with Crippen LogP contribution in [0.15, 0.2) is 42.5 Å². The molecule has 24 heavy (non-hydrogen) atoms. The van der Waals surface area contributed by atoms with E-state index in [0.717, 1.165) is 10.2 Å². The summed E-state index contributed by atoms with van der Waals surface area (Å²) in [5, 5.41) is 1.16. The predicted molar refractivity (Wildman–Crippen MR) is 94.6 cm³/mol. The van der Waals surface area contributed by atoms with Crippen LogP contribution in [0.2, 0.25) is 5.02 Å². The third kappa shape index (κ3) is 3.49. The molecule has 0 aliphatic heterocycles. The number of anilines is 1. The van der Waals surface area contributed by atoms with Gasteiger partial charge in [-0.2, -0.15) is 0 Å². The molecule has 2 aromatic carbocycles. The summed E-state index contributed by atoms with van der Waals surface area (Å²) in [4.78, 5) is 18.4. The molecule has 124 valence electrons. The van der Waals surface area contributed by atoms with E-state index in [0.29, 0.717) is 16.7 Å². The molecular weight excluding hydrogens is 351 g/mol. The van der Waals surface area contributed by atoms with E-state index >= 15 is 0 Å². The number of halogens is 2. The molecule has 0 unspecified atom stereocenters. The van der Waals surface area contributed by atoms with E-state index in [9.17, 15) is 9.18 Å². The van der Waals surface area contributed by atoms with E-state index in [-0.39, 0.29) is 18.3 Å². The van der Waals surface area contributed by atoms with Crippen LogP contribution in [-0.2, 0) is 4.79 Å². The lowest BCUT2D eigenvalue weighted by Crippen LogP contribution is -2.34. The van der Waals surface area contributed by atoms with E-state index in [1.165, 1.54) is 28.4 Å². The molecule has 1 amide bonds. The molecule has 0 spiro atoms. The van der Waals surface area contributed by atoms with E-state index in [4.69, 9.17) is 16.3 Å². The lowest BCUT2D eigenvalue weighted by Gasteiger charge is -2.17. The van der Waals surface area contributed by atoms with Gasteiger partial charge >= 0.3 is 0 Å². The first-order valence-corrected chi connectivity index (χ1v) is 8.51. The van der Waals surface area contributed by atoms with Gasteiger partial charge in [0, 0.05) is 11.6 Å². The van der Waals surface area contributed by atoms with E-state index in [2.05, 4.69) is 4.98 Å². The Labute approximate surface area is 147 Å². The summed E-state index contributed by atoms with van der Waals surface area (Å²) in [6, 6.07) is 11.4. The van der Waals surface area contributed by atoms with Crippen LogP contribution in [-0.4, -0.2) is 24.0 Å². The van der Waals surface area contributed by atoms with Crippen molar-refractivity contribution in [1.29, 1.82) is 0 Å². The molecule has 3 aromatic rings. The minimum atomic E-state index is -0.497. The van der Waals surface area contributed by atoms with Crippen LogP contribution >= 0.6 is 22.9 Å². The first-order chi connectivity index (χ1) is 11.6. The number of aromatic nitrogens is 1. The molecule has 0 saturated carbocycles. The highest BCUT2D eigenvalue weighted by molar-refractivity contribution is 7.22. The molecule has 0 radical (unpaired) electrons. The van der Waals surface area contributed by atoms with Gasteiger partial charge in [-0.3, -0.25) is 9.69 Å². The second kappa shape index (κ2) is 7.15. The maximum atomic E-state index is 13.6. The Balaban J connectivity index is 1.77. The fraction of sp³-hybridized carbons (Fsp3) is 0.176. The number of nitrogens with zero attached hydrogens (tertiary/aromatic N) is 2. The van der Waals surface area contributed by atoms with Gasteiger partial charge in [-0.25, -0.2) is 9.37 Å². The number of fused-ring (bicyclic) bond motifs is 1. The number of ether oxygens (including phenoxy) is 1. The van der Waals surface area contributed by atoms with Crippen LogP contribution in [0.5, 0.6) is 5.75 Å². The summed E-state index contributed by atoms with van der Waals surface area (Å²) in [7, 11) is 0. The van der Waals surface area contributed by atoms with Crippen molar-refractivity contribution in [3.8, 4) is 5.75 Å². The number of para-hydroxylation sites is 1. The molecule has 0 aliphatic carbocycles. The van der Waals surface area contributed by atoms with Crippen LogP contribution < -0.4 is 9.64 Å². The summed E-state index contributed by atoms with van der Waals surface area (Å²) in [6.45, 7) is 2.03. The van der Waals surface area contributed by atoms with Gasteiger partial charge in [0.15, 0.2) is 23.3 Å². The van der Waals surface area contributed by atoms with Crippen LogP contribution in [0.3, 0.4) is 0 Å². The van der Waals surface area contributed by atoms with Gasteiger partial charge in [-0.05, 0) is 37.3 Å². The zero-order chi connectivity index (χ0) is 17.1. The van der Waals surface area contributed by atoms with Crippen molar-refractivity contribution in [3.05, 3.63) is 53.3 Å². The molecule has 0 saturated heterocycles. The second-order valence-corrected chi connectivity index (χ2v) is 6.41. The Hall–Kier alpha value is -2.18. The molecule has 0 bridgehead atoms. The van der Waals surface area contributed by atoms with E-state index < -0.39 is 5.82 Å². The number of carbonyl (C=O) groups excluding carboxylic acids is 1. The van der Waals surface area contributed by atoms with Crippen molar-refractivity contribution in [2.24, 2.45) is 0 Å². The lowest BCUT2D eigenvalue weighted by molar-refractivity contribution is -0.120. The van der Waals surface area contributed by atoms with Crippen LogP contribution in [0, 0.1) is 5.82 Å². The third-order valence-electron chi connectivity index (χ3n) is 3.37. The average molecular weight is 365 g/mol. The number of carbonyl (C=O) groups is 1. The number of likely N-dealkylation sites (N-methyl/N-ethyl adjacent to an activating group) is 1. The van der Waals surface area contributed by atoms with Crippen molar-refractivity contribution in [1.82, 2.24) is 4.98 Å². The van der Waals surface area contributed by atoms with Gasteiger partial charge in [0.1, 0.15) is 0 Å². The zero-order valence-electron chi connectivity index (χ0n) is 12.8. The maximum absolute atomic E-state index is 13.6. The van der Waals surface area contributed by atoms with Gasteiger partial charge in [0.05, 0.1) is 10.2 Å². The highest BCUT2D eigenvalue weighted by Crippen LogP contribution is 2.30. The normalized spacial score (nSPS) is 10.8. The summed E-state index contributed by atoms with van der Waals surface area (Å²) in [6.07, 6.45) is 0. The van der Waals surface area contributed by atoms with Crippen molar-refractivity contribution in [3.63, 3.8) is 0 Å². The third-order valence-corrected chi connectivity index (χ3v) is 4.67. The molecule has 3 rings (SSSR count). The Morgan fingerprint density at radius 3 is 2.88 bits per heavy atom. The highest BCUT2D eigenvalue weighted by atomic mass is 35.5. The van der Waals surface area contributed by atoms with Crippen LogP contribution in [0.1, 0.15) is 6.92 Å². The number of hydrogen-bond donors (Lipinski definition) is 0. The number of thiazole rings is 1. The molecule has 1 heterocycles. The topological polar surface area (TPSA) is 42.4 Å². The van der Waals surface area contributed by atoms with E-state index in [1.54, 1.807) is 24.3 Å². The number of hydrogen-bond acceptors (Lipinski definition) is 4. The monoisotopic (exact) mass is 364 g/mol. The van der Waals surface area contributed by atoms with Gasteiger partial charge < -0.3 is 4.74 Å². The minimum absolute atomic E-state index is 0.0537. The van der Waals surface area contributed by atoms with Crippen LogP contribution in [0.25, 0.3) is 10.2 Å². The summed E-state index contributed by atoms with van der Waals surface area (Å²) in [5.41, 5.74) is 0.740. The molecular formula is C17H14ClFN2O2S. The largest absolute Gasteiger partial charge is 0.481 e. The van der Waals surface area contributed by atoms with Crippen molar-refractivity contribution in [2.45, 2.75) is 6.92 Å². The van der Waals surface area contributed by atoms with Gasteiger partial charge in [-0.1, -0.05) is 35.1 Å². The first-order valence-electron chi connectivity index (χ1n) is 7.32. The zero-order valence-corrected chi connectivity index (χ0v) is 14.4. The Morgan fingerprint density at radius 2 is 2.12 bits per heavy atom. The number of amides is 1. The van der Waals surface area contributed by atoms with E-state index in [1.807, 2.05) is 13.0 Å². The van der Waals surface area contributed by atoms with Crippen molar-refractivity contribution in [2.75, 3.05) is 18.1 Å². The number of rotatable bonds is 5. The molecule has 0 atom stereocenters. The molecule has 0 N–H and O–H groups in total. The SMILES string of the molecule is CCN(C(=O)COc1ccccc1F)c1nc2cc(Cl)ccc2s1. The lowest BCUT2D eigenvalue weighted by atomic mass is 10.3. The molecule has 0 aliphatic rings. The predicted octanol–water partition coefficient (Wildman–Crippen LogP) is 4.52. The summed E-state index contributed by atoms with van der Waals surface area (Å²) >= 11 is 7.36. The highest BCUT2D eigenvalue weighted by Gasteiger charge is 2.19. The molecule has 7 heteroatoms. The van der Waals surface area contributed by atoms with Crippen molar-refractivity contribution >= 4 is 44.2 Å². The van der Waals surface area contributed by atoms with Gasteiger partial charge in [0.25, 0.3) is 5.91 Å². The fourth-order valence-corrected chi connectivity index (χ4v) is 3.39. The molecule has 4 nitrogen and oxygen atoms in total. The number of benzene rings is 2. The molecule has 1 aromatic heterocycles. The van der Waals surface area contributed by atoms with Gasteiger partial charge in [0.2, 0.25) is 0 Å². The average Bonchev–Trinajstić information content (AvgIpc) is 2.97. The summed E-state index contributed by atoms with van der Waals surface area (Å²) < 4.78 is 19.8. The van der Waals surface area contributed by atoms with Crippen LogP contribution in [0.4, 0.5) is 9.52 Å². The Morgan fingerprint density at radius 1 is 1.33 bits per heavy atom.